The average molecular weight is 269 g/mol. The molecule has 0 aliphatic carbocycles. The first-order valence-corrected chi connectivity index (χ1v) is 6.62. The van der Waals surface area contributed by atoms with Crippen LogP contribution >= 0.6 is 22.7 Å². The van der Waals surface area contributed by atoms with Crippen LogP contribution in [0.4, 0.5) is 5.13 Å². The number of hydrogen-bond acceptors (Lipinski definition) is 7. The van der Waals surface area contributed by atoms with Crippen LogP contribution in [0.3, 0.4) is 0 Å². The second-order valence-electron chi connectivity index (χ2n) is 3.22. The lowest BCUT2D eigenvalue weighted by molar-refractivity contribution is -0.139. The molecule has 90 valence electrons. The molecule has 7 heteroatoms. The van der Waals surface area contributed by atoms with E-state index in [1.54, 1.807) is 16.8 Å². The number of thiophene rings is 1. The monoisotopic (exact) mass is 269 g/mol. The first-order chi connectivity index (χ1) is 8.28. The molecule has 0 aliphatic rings. The Morgan fingerprint density at radius 3 is 3.00 bits per heavy atom. The van der Waals surface area contributed by atoms with Crippen molar-refractivity contribution in [3.05, 3.63) is 27.4 Å². The maximum Gasteiger partial charge on any atom is 0.310 e. The molecule has 2 aromatic rings. The van der Waals surface area contributed by atoms with Crippen molar-refractivity contribution >= 4 is 33.8 Å². The van der Waals surface area contributed by atoms with Crippen molar-refractivity contribution in [1.29, 1.82) is 0 Å². The lowest BCUT2D eigenvalue weighted by atomic mass is 10.3. The number of nitrogens with zero attached hydrogens (tertiary/aromatic N) is 2. The average Bonchev–Trinajstić information content (AvgIpc) is 2.97. The maximum atomic E-state index is 11.1. The van der Waals surface area contributed by atoms with Gasteiger partial charge in [0.15, 0.2) is 0 Å². The van der Waals surface area contributed by atoms with Gasteiger partial charge in [0.2, 0.25) is 5.13 Å². The smallest absolute Gasteiger partial charge is 0.310 e. The molecule has 0 saturated heterocycles. The molecular formula is C10H11N3O2S2. The fourth-order valence-corrected chi connectivity index (χ4v) is 2.63. The zero-order valence-corrected chi connectivity index (χ0v) is 10.8. The Hall–Kier alpha value is -1.47. The summed E-state index contributed by atoms with van der Waals surface area (Å²) in [7, 11) is 1.40. The second kappa shape index (κ2) is 5.74. The highest BCUT2D eigenvalue weighted by atomic mass is 32.1. The van der Waals surface area contributed by atoms with Crippen LogP contribution in [0.25, 0.3) is 0 Å². The summed E-state index contributed by atoms with van der Waals surface area (Å²) in [4.78, 5) is 13.2. The van der Waals surface area contributed by atoms with E-state index in [9.17, 15) is 4.79 Å². The molecule has 1 N–H and O–H groups in total. The molecule has 0 bridgehead atoms. The summed E-state index contributed by atoms with van der Waals surface area (Å²) in [5.41, 5.74) is 1.68. The number of nitrogens with one attached hydrogen (secondary N) is 1. The van der Waals surface area contributed by atoms with E-state index in [4.69, 9.17) is 0 Å². The lowest BCUT2D eigenvalue weighted by Crippen LogP contribution is -2.02. The number of hydrogen-bond donors (Lipinski definition) is 1. The minimum absolute atomic E-state index is 0.213. The number of aromatic nitrogens is 2. The number of esters is 1. The van der Waals surface area contributed by atoms with Gasteiger partial charge in [-0.1, -0.05) is 11.3 Å². The Bertz CT molecular complexity index is 481. The van der Waals surface area contributed by atoms with Crippen molar-refractivity contribution in [2.75, 3.05) is 12.4 Å². The van der Waals surface area contributed by atoms with E-state index in [-0.39, 0.29) is 5.97 Å². The number of anilines is 1. The van der Waals surface area contributed by atoms with Crippen LogP contribution in [0.5, 0.6) is 0 Å². The molecule has 0 atom stereocenters. The molecule has 2 rings (SSSR count). The standard InChI is InChI=1S/C10H11N3O2S2/c1-15-9(14)4-7-2-3-8(17-7)5-11-10-13-12-6-16-10/h2-3,6H,4-5H2,1H3,(H,11,13). The normalized spacial score (nSPS) is 10.2. The Balaban J connectivity index is 1.88. The summed E-state index contributed by atoms with van der Waals surface area (Å²) in [5.74, 6) is -0.213. The highest BCUT2D eigenvalue weighted by Crippen LogP contribution is 2.19. The number of ether oxygens (including phenoxy) is 1. The molecule has 0 aromatic carbocycles. The van der Waals surface area contributed by atoms with Gasteiger partial charge in [-0.05, 0) is 12.1 Å². The van der Waals surface area contributed by atoms with Crippen LogP contribution in [0.15, 0.2) is 17.6 Å². The van der Waals surface area contributed by atoms with E-state index in [2.05, 4.69) is 20.3 Å². The summed E-state index contributed by atoms with van der Waals surface area (Å²) < 4.78 is 4.62. The summed E-state index contributed by atoms with van der Waals surface area (Å²) in [5, 5.41) is 11.6. The van der Waals surface area contributed by atoms with Crippen LogP contribution in [0, 0.1) is 0 Å². The predicted octanol–water partition coefficient (Wildman–Crippen LogP) is 1.93. The molecule has 0 unspecified atom stereocenters. The molecule has 0 spiro atoms. The van der Waals surface area contributed by atoms with Gasteiger partial charge in [-0.2, -0.15) is 0 Å². The number of carbonyl (C=O) groups is 1. The third-order valence-corrected chi connectivity index (χ3v) is 3.77. The molecule has 17 heavy (non-hydrogen) atoms. The van der Waals surface area contributed by atoms with E-state index in [0.717, 1.165) is 14.9 Å². The molecule has 0 radical (unpaired) electrons. The number of rotatable bonds is 5. The Morgan fingerprint density at radius 1 is 1.47 bits per heavy atom. The highest BCUT2D eigenvalue weighted by molar-refractivity contribution is 7.13. The van der Waals surface area contributed by atoms with Crippen molar-refractivity contribution in [1.82, 2.24) is 10.2 Å². The fraction of sp³-hybridized carbons (Fsp3) is 0.300. The third kappa shape index (κ3) is 3.50. The van der Waals surface area contributed by atoms with E-state index in [1.807, 2.05) is 12.1 Å². The van der Waals surface area contributed by atoms with Crippen molar-refractivity contribution < 1.29 is 9.53 Å². The van der Waals surface area contributed by atoms with Crippen molar-refractivity contribution in [3.8, 4) is 0 Å². The zero-order chi connectivity index (χ0) is 12.1. The SMILES string of the molecule is COC(=O)Cc1ccc(CNc2nncs2)s1. The number of methoxy groups -OCH3 is 1. The van der Waals surface area contributed by atoms with Crippen LogP contribution in [-0.4, -0.2) is 23.3 Å². The Morgan fingerprint density at radius 2 is 2.29 bits per heavy atom. The molecule has 5 nitrogen and oxygen atoms in total. The summed E-state index contributed by atoms with van der Waals surface area (Å²) in [6, 6.07) is 3.94. The first kappa shape index (κ1) is 12.0. The lowest BCUT2D eigenvalue weighted by Gasteiger charge is -1.98. The van der Waals surface area contributed by atoms with Crippen LogP contribution in [-0.2, 0) is 22.5 Å². The molecule has 0 aliphatic heterocycles. The van der Waals surface area contributed by atoms with Gasteiger partial charge < -0.3 is 10.1 Å². The van der Waals surface area contributed by atoms with E-state index in [1.165, 1.54) is 18.4 Å². The fourth-order valence-electron chi connectivity index (χ4n) is 1.24. The van der Waals surface area contributed by atoms with Crippen molar-refractivity contribution in [2.45, 2.75) is 13.0 Å². The molecule has 0 amide bonds. The zero-order valence-electron chi connectivity index (χ0n) is 9.17. The predicted molar refractivity (Wildman–Crippen MR) is 67.3 cm³/mol. The largest absolute Gasteiger partial charge is 0.469 e. The summed E-state index contributed by atoms with van der Waals surface area (Å²) >= 11 is 3.05. The molecule has 0 fully saturated rings. The second-order valence-corrected chi connectivity index (χ2v) is 5.30. The van der Waals surface area contributed by atoms with Gasteiger partial charge in [0.1, 0.15) is 5.51 Å². The number of carbonyl (C=O) groups excluding carboxylic acids is 1. The topological polar surface area (TPSA) is 64.1 Å². The van der Waals surface area contributed by atoms with Gasteiger partial charge >= 0.3 is 5.97 Å². The van der Waals surface area contributed by atoms with Crippen molar-refractivity contribution in [2.24, 2.45) is 0 Å². The molecule has 2 heterocycles. The van der Waals surface area contributed by atoms with E-state index < -0.39 is 0 Å². The van der Waals surface area contributed by atoms with Gasteiger partial charge in [-0.15, -0.1) is 21.5 Å². The third-order valence-electron chi connectivity index (χ3n) is 2.04. The Kier molecular flexibility index (Phi) is 4.05. The van der Waals surface area contributed by atoms with Gasteiger partial charge in [-0.25, -0.2) is 0 Å². The minimum Gasteiger partial charge on any atom is -0.469 e. The van der Waals surface area contributed by atoms with Crippen LogP contribution in [0.2, 0.25) is 0 Å². The van der Waals surface area contributed by atoms with Crippen molar-refractivity contribution in [3.63, 3.8) is 0 Å². The van der Waals surface area contributed by atoms with Gasteiger partial charge in [0.05, 0.1) is 20.1 Å². The van der Waals surface area contributed by atoms with Crippen LogP contribution in [0.1, 0.15) is 9.75 Å². The Labute approximate surface area is 106 Å². The summed E-state index contributed by atoms with van der Waals surface area (Å²) in [6.07, 6.45) is 0.333. The highest BCUT2D eigenvalue weighted by Gasteiger charge is 2.06. The van der Waals surface area contributed by atoms with Gasteiger partial charge in [0.25, 0.3) is 0 Å². The van der Waals surface area contributed by atoms with Gasteiger partial charge in [-0.3, -0.25) is 4.79 Å². The molecular weight excluding hydrogens is 258 g/mol. The minimum atomic E-state index is -0.213. The molecule has 2 aromatic heterocycles. The van der Waals surface area contributed by atoms with Gasteiger partial charge in [0, 0.05) is 9.75 Å². The van der Waals surface area contributed by atoms with Crippen LogP contribution < -0.4 is 5.32 Å². The summed E-state index contributed by atoms with van der Waals surface area (Å²) in [6.45, 7) is 0.695. The quantitative estimate of drug-likeness (QED) is 0.840. The maximum absolute atomic E-state index is 11.1. The van der Waals surface area contributed by atoms with E-state index in [0.29, 0.717) is 13.0 Å². The van der Waals surface area contributed by atoms with E-state index >= 15 is 0 Å². The molecule has 0 saturated carbocycles. The first-order valence-electron chi connectivity index (χ1n) is 4.92.